The van der Waals surface area contributed by atoms with Gasteiger partial charge in [-0.1, -0.05) is 30.3 Å². The van der Waals surface area contributed by atoms with Crippen molar-refractivity contribution in [3.05, 3.63) is 35.9 Å². The fourth-order valence-electron chi connectivity index (χ4n) is 1.61. The Morgan fingerprint density at radius 1 is 1.00 bits per heavy atom. The van der Waals surface area contributed by atoms with Crippen LogP contribution in [-0.4, -0.2) is 22.9 Å². The molecule has 0 amide bonds. The monoisotopic (exact) mass is 208 g/mol. The molecule has 0 saturated carbocycles. The molecule has 0 bridgehead atoms. The molecule has 1 aromatic rings. The summed E-state index contributed by atoms with van der Waals surface area (Å²) in [6.07, 6.45) is 4.02. The van der Waals surface area contributed by atoms with Crippen molar-refractivity contribution in [2.75, 3.05) is 6.61 Å². The fraction of sp³-hybridized carbons (Fsp3) is 0.538. The molecule has 0 aliphatic heterocycles. The van der Waals surface area contributed by atoms with E-state index < -0.39 is 0 Å². The lowest BCUT2D eigenvalue weighted by Crippen LogP contribution is -2.08. The van der Waals surface area contributed by atoms with Crippen LogP contribution in [0.15, 0.2) is 30.3 Å². The van der Waals surface area contributed by atoms with Crippen molar-refractivity contribution in [3.63, 3.8) is 0 Å². The minimum atomic E-state index is -0.225. The van der Waals surface area contributed by atoms with E-state index in [1.54, 1.807) is 0 Å². The molecular formula is C13H20O2. The molecule has 1 atom stereocenters. The fourth-order valence-corrected chi connectivity index (χ4v) is 1.61. The Balaban J connectivity index is 2.14. The molecule has 1 rings (SSSR count). The van der Waals surface area contributed by atoms with E-state index in [0.29, 0.717) is 0 Å². The van der Waals surface area contributed by atoms with E-state index in [4.69, 9.17) is 5.11 Å². The summed E-state index contributed by atoms with van der Waals surface area (Å²) in [5, 5.41) is 18.3. The maximum atomic E-state index is 9.66. The van der Waals surface area contributed by atoms with Crippen molar-refractivity contribution < 1.29 is 10.2 Å². The topological polar surface area (TPSA) is 40.5 Å². The molecule has 1 aromatic carbocycles. The summed E-state index contributed by atoms with van der Waals surface area (Å²) in [6.45, 7) is 0.228. The lowest BCUT2D eigenvalue weighted by atomic mass is 10.0. The molecule has 15 heavy (non-hydrogen) atoms. The Labute approximate surface area is 91.6 Å². The van der Waals surface area contributed by atoms with Crippen LogP contribution in [0.5, 0.6) is 0 Å². The van der Waals surface area contributed by atoms with Gasteiger partial charge in [0.1, 0.15) is 0 Å². The highest BCUT2D eigenvalue weighted by Crippen LogP contribution is 2.09. The normalized spacial score (nSPS) is 12.7. The van der Waals surface area contributed by atoms with Crippen LogP contribution in [0.4, 0.5) is 0 Å². The zero-order chi connectivity index (χ0) is 10.9. The Morgan fingerprint density at radius 2 is 1.73 bits per heavy atom. The van der Waals surface area contributed by atoms with Crippen molar-refractivity contribution in [2.24, 2.45) is 0 Å². The van der Waals surface area contributed by atoms with Crippen molar-refractivity contribution >= 4 is 0 Å². The molecule has 0 heterocycles. The van der Waals surface area contributed by atoms with Gasteiger partial charge in [-0.3, -0.25) is 0 Å². The first-order valence-electron chi connectivity index (χ1n) is 5.66. The highest BCUT2D eigenvalue weighted by Gasteiger charge is 2.03. The zero-order valence-corrected chi connectivity index (χ0v) is 9.10. The van der Waals surface area contributed by atoms with E-state index in [1.807, 2.05) is 18.2 Å². The first-order chi connectivity index (χ1) is 7.33. The average Bonchev–Trinajstić information content (AvgIpc) is 2.28. The van der Waals surface area contributed by atoms with E-state index in [2.05, 4.69) is 12.1 Å². The molecule has 0 radical (unpaired) electrons. The standard InChI is InChI=1S/C13H20O2/c14-11-5-4-8-13(15)10-9-12-6-2-1-3-7-12/h1-3,6-7,13-15H,4-5,8-11H2. The van der Waals surface area contributed by atoms with Crippen LogP contribution in [0.25, 0.3) is 0 Å². The molecule has 2 heteroatoms. The molecule has 0 saturated heterocycles. The minimum Gasteiger partial charge on any atom is -0.396 e. The van der Waals surface area contributed by atoms with Crippen molar-refractivity contribution in [1.82, 2.24) is 0 Å². The summed E-state index contributed by atoms with van der Waals surface area (Å²) < 4.78 is 0. The van der Waals surface area contributed by atoms with Crippen LogP contribution in [0.2, 0.25) is 0 Å². The Kier molecular flexibility index (Phi) is 6.05. The average molecular weight is 208 g/mol. The molecule has 84 valence electrons. The molecule has 0 fully saturated rings. The van der Waals surface area contributed by atoms with Crippen LogP contribution < -0.4 is 0 Å². The number of rotatable bonds is 7. The second-order valence-electron chi connectivity index (χ2n) is 3.90. The lowest BCUT2D eigenvalue weighted by molar-refractivity contribution is 0.148. The van der Waals surface area contributed by atoms with Gasteiger partial charge in [-0.25, -0.2) is 0 Å². The third-order valence-electron chi connectivity index (χ3n) is 2.55. The molecule has 2 N–H and O–H groups in total. The van der Waals surface area contributed by atoms with Gasteiger partial charge in [0.25, 0.3) is 0 Å². The van der Waals surface area contributed by atoms with E-state index in [9.17, 15) is 5.11 Å². The van der Waals surface area contributed by atoms with E-state index in [1.165, 1.54) is 5.56 Å². The minimum absolute atomic E-state index is 0.225. The van der Waals surface area contributed by atoms with Gasteiger partial charge in [0.05, 0.1) is 6.10 Å². The van der Waals surface area contributed by atoms with Gasteiger partial charge in [0.2, 0.25) is 0 Å². The first-order valence-corrected chi connectivity index (χ1v) is 5.66. The van der Waals surface area contributed by atoms with Gasteiger partial charge < -0.3 is 10.2 Å². The zero-order valence-electron chi connectivity index (χ0n) is 9.10. The first kappa shape index (κ1) is 12.2. The molecule has 2 nitrogen and oxygen atoms in total. The largest absolute Gasteiger partial charge is 0.396 e. The second kappa shape index (κ2) is 7.43. The third kappa shape index (κ3) is 5.55. The molecule has 0 aromatic heterocycles. The number of benzene rings is 1. The van der Waals surface area contributed by atoms with Crippen LogP contribution in [0.3, 0.4) is 0 Å². The number of aliphatic hydroxyl groups excluding tert-OH is 2. The van der Waals surface area contributed by atoms with Crippen LogP contribution in [0, 0.1) is 0 Å². The van der Waals surface area contributed by atoms with Crippen molar-refractivity contribution in [3.8, 4) is 0 Å². The van der Waals surface area contributed by atoms with Gasteiger partial charge in [0.15, 0.2) is 0 Å². The predicted molar refractivity (Wildman–Crippen MR) is 61.7 cm³/mol. The van der Waals surface area contributed by atoms with E-state index in [0.717, 1.165) is 32.1 Å². The molecule has 0 spiro atoms. The van der Waals surface area contributed by atoms with Crippen LogP contribution in [-0.2, 0) is 6.42 Å². The van der Waals surface area contributed by atoms with E-state index in [-0.39, 0.29) is 12.7 Å². The molecule has 1 unspecified atom stereocenters. The number of aryl methyl sites for hydroxylation is 1. The summed E-state index contributed by atoms with van der Waals surface area (Å²) in [5.41, 5.74) is 1.28. The molecular weight excluding hydrogens is 188 g/mol. The van der Waals surface area contributed by atoms with Crippen molar-refractivity contribution in [1.29, 1.82) is 0 Å². The summed E-state index contributed by atoms with van der Waals surface area (Å²) in [6, 6.07) is 10.2. The summed E-state index contributed by atoms with van der Waals surface area (Å²) >= 11 is 0. The van der Waals surface area contributed by atoms with Crippen LogP contribution in [0.1, 0.15) is 31.2 Å². The predicted octanol–water partition coefficient (Wildman–Crippen LogP) is 2.14. The summed E-state index contributed by atoms with van der Waals surface area (Å²) in [7, 11) is 0. The Morgan fingerprint density at radius 3 is 2.40 bits per heavy atom. The highest BCUT2D eigenvalue weighted by atomic mass is 16.3. The quantitative estimate of drug-likeness (QED) is 0.674. The summed E-state index contributed by atoms with van der Waals surface area (Å²) in [4.78, 5) is 0. The summed E-state index contributed by atoms with van der Waals surface area (Å²) in [5.74, 6) is 0. The van der Waals surface area contributed by atoms with Crippen molar-refractivity contribution in [2.45, 2.75) is 38.2 Å². The van der Waals surface area contributed by atoms with Gasteiger partial charge >= 0.3 is 0 Å². The SMILES string of the molecule is OCCCCC(O)CCc1ccccc1. The molecule has 0 aliphatic rings. The lowest BCUT2D eigenvalue weighted by Gasteiger charge is -2.09. The van der Waals surface area contributed by atoms with Gasteiger partial charge in [0, 0.05) is 6.61 Å². The second-order valence-corrected chi connectivity index (χ2v) is 3.90. The van der Waals surface area contributed by atoms with E-state index >= 15 is 0 Å². The molecule has 0 aliphatic carbocycles. The Bertz CT molecular complexity index is 246. The number of hydrogen-bond acceptors (Lipinski definition) is 2. The third-order valence-corrected chi connectivity index (χ3v) is 2.55. The maximum Gasteiger partial charge on any atom is 0.0543 e. The number of hydrogen-bond donors (Lipinski definition) is 2. The number of unbranched alkanes of at least 4 members (excludes halogenated alkanes) is 1. The van der Waals surface area contributed by atoms with Gasteiger partial charge in [-0.05, 0) is 37.7 Å². The smallest absolute Gasteiger partial charge is 0.0543 e. The Hall–Kier alpha value is -0.860. The van der Waals surface area contributed by atoms with Crippen LogP contribution >= 0.6 is 0 Å². The highest BCUT2D eigenvalue weighted by molar-refractivity contribution is 5.14. The van der Waals surface area contributed by atoms with Gasteiger partial charge in [-0.2, -0.15) is 0 Å². The maximum absolute atomic E-state index is 9.66. The van der Waals surface area contributed by atoms with Gasteiger partial charge in [-0.15, -0.1) is 0 Å². The number of aliphatic hydroxyl groups is 2.